The quantitative estimate of drug-likeness (QED) is 0.391. The standard InChI is InChI=1S/C27H26O3S.C6H7N/c1-18-17-21(19(2)30-18)8-6-16-31(28,29)27-11-5-10-23-25-13-12-20-7-3-4-9-22(20)24(25)14-15-26(23)27;1-2-4-6-7-5-3-1/h3-4,6-9,11,14-15,17H,5,10,12-13,16H2,1-2H3;1-7H. The summed E-state index contributed by atoms with van der Waals surface area (Å²) in [6.07, 6.45) is 20.7. The maximum absolute atomic E-state index is 13.3. The number of benzene rings is 2. The molecular weight excluding hydrogens is 490 g/mol. The summed E-state index contributed by atoms with van der Waals surface area (Å²) in [7, 11) is -3.42. The summed E-state index contributed by atoms with van der Waals surface area (Å²) in [4.78, 5) is 0.486. The second-order valence-corrected chi connectivity index (χ2v) is 11.7. The Morgan fingerprint density at radius 1 is 0.868 bits per heavy atom. The van der Waals surface area contributed by atoms with Crippen LogP contribution in [0.3, 0.4) is 0 Å². The van der Waals surface area contributed by atoms with E-state index in [0.29, 0.717) is 4.91 Å². The Kier molecular flexibility index (Phi) is 7.66. The zero-order chi connectivity index (χ0) is 26.5. The molecular formula is C33H33NO3S. The molecule has 2 heterocycles. The van der Waals surface area contributed by atoms with Gasteiger partial charge in [0, 0.05) is 18.0 Å². The molecule has 3 aliphatic rings. The van der Waals surface area contributed by atoms with Crippen molar-refractivity contribution in [1.29, 1.82) is 0 Å². The van der Waals surface area contributed by atoms with Gasteiger partial charge in [0.15, 0.2) is 9.84 Å². The maximum Gasteiger partial charge on any atom is 0.182 e. The zero-order valence-corrected chi connectivity index (χ0v) is 22.7. The first-order chi connectivity index (χ1) is 18.4. The first-order valence-electron chi connectivity index (χ1n) is 13.1. The van der Waals surface area contributed by atoms with Crippen LogP contribution < -0.4 is 5.32 Å². The molecule has 5 heteroatoms. The largest absolute Gasteiger partial charge is 0.466 e. The molecule has 4 nitrogen and oxygen atoms in total. The molecule has 1 aromatic heterocycles. The van der Waals surface area contributed by atoms with E-state index in [1.165, 1.54) is 27.8 Å². The normalized spacial score (nSPS) is 15.5. The molecule has 0 bridgehead atoms. The maximum atomic E-state index is 13.3. The predicted molar refractivity (Wildman–Crippen MR) is 157 cm³/mol. The average molecular weight is 524 g/mol. The molecule has 38 heavy (non-hydrogen) atoms. The molecule has 0 fully saturated rings. The number of sulfone groups is 1. The van der Waals surface area contributed by atoms with E-state index in [4.69, 9.17) is 4.42 Å². The molecule has 0 radical (unpaired) electrons. The van der Waals surface area contributed by atoms with E-state index >= 15 is 0 Å². The van der Waals surface area contributed by atoms with Crippen LogP contribution in [-0.2, 0) is 29.1 Å². The van der Waals surface area contributed by atoms with Crippen LogP contribution in [0.2, 0.25) is 0 Å². The van der Waals surface area contributed by atoms with Crippen LogP contribution in [0, 0.1) is 13.8 Å². The van der Waals surface area contributed by atoms with E-state index in [1.54, 1.807) is 6.08 Å². The molecule has 194 valence electrons. The van der Waals surface area contributed by atoms with Gasteiger partial charge >= 0.3 is 0 Å². The van der Waals surface area contributed by atoms with Crippen LogP contribution in [0.5, 0.6) is 0 Å². The minimum absolute atomic E-state index is 0.0120. The Labute approximate surface area is 225 Å². The Hall–Kier alpha value is -3.83. The van der Waals surface area contributed by atoms with Crippen LogP contribution in [0.15, 0.2) is 95.7 Å². The first kappa shape index (κ1) is 25.8. The van der Waals surface area contributed by atoms with Crippen molar-refractivity contribution in [3.63, 3.8) is 0 Å². The van der Waals surface area contributed by atoms with Gasteiger partial charge in [-0.1, -0.05) is 66.8 Å². The Morgan fingerprint density at radius 3 is 2.37 bits per heavy atom. The molecule has 0 spiro atoms. The van der Waals surface area contributed by atoms with Gasteiger partial charge in [-0.05, 0) is 91.1 Å². The number of allylic oxidation sites excluding steroid dienone is 5. The van der Waals surface area contributed by atoms with Gasteiger partial charge in [0.05, 0.1) is 10.7 Å². The van der Waals surface area contributed by atoms with Crippen LogP contribution in [0.25, 0.3) is 22.1 Å². The molecule has 3 aromatic rings. The van der Waals surface area contributed by atoms with Crippen molar-refractivity contribution in [2.45, 2.75) is 39.5 Å². The third kappa shape index (κ3) is 5.53. The SMILES string of the molecule is C1=CC=CNC=C1.Cc1cc(C=CCS(=O)(=O)C2=CCCc3c2ccc2c3CCc3ccccc3-2)c(C)o1. The number of furan rings is 1. The van der Waals surface area contributed by atoms with Crippen molar-refractivity contribution < 1.29 is 12.8 Å². The molecule has 6 rings (SSSR count). The highest BCUT2D eigenvalue weighted by Crippen LogP contribution is 2.41. The zero-order valence-electron chi connectivity index (χ0n) is 21.9. The van der Waals surface area contributed by atoms with Gasteiger partial charge in [-0.2, -0.15) is 0 Å². The van der Waals surface area contributed by atoms with Gasteiger partial charge in [-0.15, -0.1) is 0 Å². The van der Waals surface area contributed by atoms with E-state index in [0.717, 1.165) is 48.3 Å². The summed E-state index contributed by atoms with van der Waals surface area (Å²) in [5.74, 6) is 1.62. The van der Waals surface area contributed by atoms with Gasteiger partial charge in [0.1, 0.15) is 11.5 Å². The lowest BCUT2D eigenvalue weighted by atomic mass is 9.79. The summed E-state index contributed by atoms with van der Waals surface area (Å²) < 4.78 is 32.0. The molecule has 1 aliphatic heterocycles. The van der Waals surface area contributed by atoms with Gasteiger partial charge in [-0.3, -0.25) is 0 Å². The summed E-state index contributed by atoms with van der Waals surface area (Å²) in [6.45, 7) is 3.78. The fraction of sp³-hybridized carbons (Fsp3) is 0.212. The molecule has 2 aromatic carbocycles. The second kappa shape index (κ2) is 11.3. The Balaban J connectivity index is 0.000000366. The molecule has 0 amide bonds. The van der Waals surface area contributed by atoms with E-state index < -0.39 is 9.84 Å². The van der Waals surface area contributed by atoms with Crippen molar-refractivity contribution in [1.82, 2.24) is 5.32 Å². The second-order valence-electron chi connectivity index (χ2n) is 9.70. The molecule has 0 atom stereocenters. The molecule has 0 saturated heterocycles. The van der Waals surface area contributed by atoms with Crippen molar-refractivity contribution in [3.05, 3.63) is 131 Å². The number of hydrogen-bond acceptors (Lipinski definition) is 4. The first-order valence-corrected chi connectivity index (χ1v) is 14.7. The van der Waals surface area contributed by atoms with Crippen LogP contribution in [-0.4, -0.2) is 14.2 Å². The lowest BCUT2D eigenvalue weighted by Gasteiger charge is -2.27. The summed E-state index contributed by atoms with van der Waals surface area (Å²) >= 11 is 0. The van der Waals surface area contributed by atoms with Crippen LogP contribution in [0.1, 0.15) is 45.8 Å². The van der Waals surface area contributed by atoms with Gasteiger partial charge in [0.25, 0.3) is 0 Å². The van der Waals surface area contributed by atoms with Gasteiger partial charge < -0.3 is 9.73 Å². The van der Waals surface area contributed by atoms with Crippen molar-refractivity contribution in [2.75, 3.05) is 5.75 Å². The van der Waals surface area contributed by atoms with Gasteiger partial charge in [-0.25, -0.2) is 8.42 Å². The van der Waals surface area contributed by atoms with Crippen molar-refractivity contribution in [2.24, 2.45) is 0 Å². The predicted octanol–water partition coefficient (Wildman–Crippen LogP) is 7.25. The Bertz CT molecular complexity index is 1580. The van der Waals surface area contributed by atoms with Crippen molar-refractivity contribution >= 4 is 20.8 Å². The number of aryl methyl sites for hydroxylation is 3. The monoisotopic (exact) mass is 523 g/mol. The third-order valence-corrected chi connectivity index (χ3v) is 8.81. The van der Waals surface area contributed by atoms with E-state index in [-0.39, 0.29) is 5.75 Å². The summed E-state index contributed by atoms with van der Waals surface area (Å²) in [6, 6.07) is 14.6. The molecule has 1 N–H and O–H groups in total. The van der Waals surface area contributed by atoms with Gasteiger partial charge in [0.2, 0.25) is 0 Å². The molecule has 0 unspecified atom stereocenters. The third-order valence-electron chi connectivity index (χ3n) is 7.12. The minimum Gasteiger partial charge on any atom is -0.466 e. The van der Waals surface area contributed by atoms with Crippen molar-refractivity contribution in [3.8, 4) is 11.1 Å². The fourth-order valence-corrected chi connectivity index (χ4v) is 6.80. The summed E-state index contributed by atoms with van der Waals surface area (Å²) in [5.41, 5.74) is 8.32. The van der Waals surface area contributed by atoms with Crippen LogP contribution in [0.4, 0.5) is 0 Å². The highest BCUT2D eigenvalue weighted by molar-refractivity contribution is 8.00. The molecule has 0 saturated carbocycles. The molecule has 2 aliphatic carbocycles. The number of hydrogen-bond donors (Lipinski definition) is 1. The minimum atomic E-state index is -3.42. The van der Waals surface area contributed by atoms with Crippen LogP contribution >= 0.6 is 0 Å². The Morgan fingerprint density at radius 2 is 1.61 bits per heavy atom. The topological polar surface area (TPSA) is 59.3 Å². The number of rotatable bonds is 4. The number of fused-ring (bicyclic) bond motifs is 5. The highest BCUT2D eigenvalue weighted by atomic mass is 32.2. The fourth-order valence-electron chi connectivity index (χ4n) is 5.37. The average Bonchev–Trinajstić information content (AvgIpc) is 3.10. The number of nitrogens with one attached hydrogen (secondary N) is 1. The smallest absolute Gasteiger partial charge is 0.182 e. The highest BCUT2D eigenvalue weighted by Gasteiger charge is 2.28. The lowest BCUT2D eigenvalue weighted by molar-refractivity contribution is 0.504. The van der Waals surface area contributed by atoms with E-state index in [9.17, 15) is 8.42 Å². The van der Waals surface area contributed by atoms with E-state index in [1.807, 2.05) is 74.8 Å². The summed E-state index contributed by atoms with van der Waals surface area (Å²) in [5, 5.41) is 2.92. The van der Waals surface area contributed by atoms with E-state index in [2.05, 4.69) is 35.6 Å². The lowest BCUT2D eigenvalue weighted by Crippen LogP contribution is -2.15.